The summed E-state index contributed by atoms with van der Waals surface area (Å²) in [5, 5.41) is 0. The number of carbonyl (C=O) groups excluding carboxylic acids is 1. The number of carbonyl (C=O) groups is 1. The largest absolute Gasteiger partial charge is 0.461 e. The van der Waals surface area contributed by atoms with E-state index in [0.29, 0.717) is 6.61 Å². The van der Waals surface area contributed by atoms with Crippen molar-refractivity contribution < 1.29 is 9.53 Å². The van der Waals surface area contributed by atoms with Crippen LogP contribution in [0.4, 0.5) is 0 Å². The summed E-state index contributed by atoms with van der Waals surface area (Å²) >= 11 is 3.41. The van der Waals surface area contributed by atoms with Gasteiger partial charge in [0.25, 0.3) is 0 Å². The van der Waals surface area contributed by atoms with Crippen molar-refractivity contribution in [2.45, 2.75) is 13.0 Å². The molecule has 0 amide bonds. The number of halogens is 1. The van der Waals surface area contributed by atoms with Crippen LogP contribution in [-0.2, 0) is 22.6 Å². The highest BCUT2D eigenvalue weighted by atomic mass is 79.9. The molecule has 92 valence electrons. The third kappa shape index (κ3) is 3.70. The SMILES string of the molecule is O=C(Cc1ccccc1Br)OCc1ccccc1. The fourth-order valence-corrected chi connectivity index (χ4v) is 2.01. The van der Waals surface area contributed by atoms with Crippen LogP contribution in [-0.4, -0.2) is 5.97 Å². The van der Waals surface area contributed by atoms with Gasteiger partial charge in [0.15, 0.2) is 0 Å². The Balaban J connectivity index is 1.88. The number of ether oxygens (including phenoxy) is 1. The van der Waals surface area contributed by atoms with Crippen molar-refractivity contribution in [3.8, 4) is 0 Å². The Morgan fingerprint density at radius 1 is 1.00 bits per heavy atom. The Labute approximate surface area is 115 Å². The third-order valence-electron chi connectivity index (χ3n) is 2.54. The predicted molar refractivity (Wildman–Crippen MR) is 74.1 cm³/mol. The fourth-order valence-electron chi connectivity index (χ4n) is 1.59. The van der Waals surface area contributed by atoms with Gasteiger partial charge in [-0.3, -0.25) is 4.79 Å². The fraction of sp³-hybridized carbons (Fsp3) is 0.133. The van der Waals surface area contributed by atoms with Crippen molar-refractivity contribution >= 4 is 21.9 Å². The second kappa shape index (κ2) is 6.36. The summed E-state index contributed by atoms with van der Waals surface area (Å²) in [4.78, 5) is 11.7. The molecule has 0 aliphatic carbocycles. The second-order valence-corrected chi connectivity index (χ2v) is 4.77. The van der Waals surface area contributed by atoms with Crippen molar-refractivity contribution in [1.82, 2.24) is 0 Å². The van der Waals surface area contributed by atoms with Crippen LogP contribution in [0.5, 0.6) is 0 Å². The van der Waals surface area contributed by atoms with Gasteiger partial charge in [-0.2, -0.15) is 0 Å². The molecule has 0 atom stereocenters. The van der Waals surface area contributed by atoms with Gasteiger partial charge in [0, 0.05) is 4.47 Å². The van der Waals surface area contributed by atoms with E-state index in [1.54, 1.807) is 0 Å². The Hall–Kier alpha value is -1.61. The maximum atomic E-state index is 11.7. The molecule has 0 aliphatic heterocycles. The van der Waals surface area contributed by atoms with E-state index >= 15 is 0 Å². The van der Waals surface area contributed by atoms with Crippen LogP contribution in [0.3, 0.4) is 0 Å². The van der Waals surface area contributed by atoms with E-state index in [9.17, 15) is 4.79 Å². The number of benzene rings is 2. The minimum absolute atomic E-state index is 0.217. The first-order valence-electron chi connectivity index (χ1n) is 5.68. The Morgan fingerprint density at radius 3 is 2.39 bits per heavy atom. The van der Waals surface area contributed by atoms with Gasteiger partial charge in [-0.05, 0) is 17.2 Å². The average molecular weight is 305 g/mol. The van der Waals surface area contributed by atoms with E-state index in [1.807, 2.05) is 54.6 Å². The summed E-state index contributed by atoms with van der Waals surface area (Å²) in [5.41, 5.74) is 1.94. The zero-order chi connectivity index (χ0) is 12.8. The summed E-state index contributed by atoms with van der Waals surface area (Å²) in [5.74, 6) is -0.217. The highest BCUT2D eigenvalue weighted by Crippen LogP contribution is 2.16. The third-order valence-corrected chi connectivity index (χ3v) is 3.31. The first-order valence-corrected chi connectivity index (χ1v) is 6.48. The molecule has 0 N–H and O–H groups in total. The standard InChI is InChI=1S/C15H13BrO2/c16-14-9-5-4-8-13(14)10-15(17)18-11-12-6-2-1-3-7-12/h1-9H,10-11H2. The lowest BCUT2D eigenvalue weighted by Gasteiger charge is -2.06. The van der Waals surface area contributed by atoms with E-state index in [-0.39, 0.29) is 12.4 Å². The smallest absolute Gasteiger partial charge is 0.310 e. The average Bonchev–Trinajstić information content (AvgIpc) is 2.40. The lowest BCUT2D eigenvalue weighted by molar-refractivity contribution is -0.144. The molecule has 3 heteroatoms. The molecular weight excluding hydrogens is 292 g/mol. The zero-order valence-electron chi connectivity index (χ0n) is 9.80. The summed E-state index contributed by atoms with van der Waals surface area (Å²) in [6.07, 6.45) is 0.286. The van der Waals surface area contributed by atoms with Crippen molar-refractivity contribution in [3.63, 3.8) is 0 Å². The lowest BCUT2D eigenvalue weighted by atomic mass is 10.1. The second-order valence-electron chi connectivity index (χ2n) is 3.91. The molecule has 2 aromatic carbocycles. The van der Waals surface area contributed by atoms with Crippen LogP contribution in [0.1, 0.15) is 11.1 Å². The molecule has 0 heterocycles. The van der Waals surface area contributed by atoms with Gasteiger partial charge in [0.2, 0.25) is 0 Å². The van der Waals surface area contributed by atoms with Gasteiger partial charge in [-0.1, -0.05) is 64.5 Å². The maximum Gasteiger partial charge on any atom is 0.310 e. The van der Waals surface area contributed by atoms with Crippen LogP contribution in [0.2, 0.25) is 0 Å². The van der Waals surface area contributed by atoms with Gasteiger partial charge < -0.3 is 4.74 Å². The minimum Gasteiger partial charge on any atom is -0.461 e. The van der Waals surface area contributed by atoms with Crippen molar-refractivity contribution in [2.24, 2.45) is 0 Å². The Morgan fingerprint density at radius 2 is 1.67 bits per heavy atom. The normalized spacial score (nSPS) is 10.1. The zero-order valence-corrected chi connectivity index (χ0v) is 11.4. The molecule has 0 fully saturated rings. The predicted octanol–water partition coefficient (Wildman–Crippen LogP) is 3.74. The summed E-state index contributed by atoms with van der Waals surface area (Å²) < 4.78 is 6.16. The van der Waals surface area contributed by atoms with Crippen LogP contribution < -0.4 is 0 Å². The Bertz CT molecular complexity index is 523. The molecule has 0 bridgehead atoms. The van der Waals surface area contributed by atoms with Gasteiger partial charge >= 0.3 is 5.97 Å². The maximum absolute atomic E-state index is 11.7. The van der Waals surface area contributed by atoms with Crippen LogP contribution in [0.25, 0.3) is 0 Å². The molecule has 0 spiro atoms. The number of rotatable bonds is 4. The van der Waals surface area contributed by atoms with Crippen LogP contribution in [0.15, 0.2) is 59.1 Å². The number of hydrogen-bond acceptors (Lipinski definition) is 2. The molecule has 0 aromatic heterocycles. The van der Waals surface area contributed by atoms with E-state index in [0.717, 1.165) is 15.6 Å². The topological polar surface area (TPSA) is 26.3 Å². The van der Waals surface area contributed by atoms with Gasteiger partial charge in [-0.15, -0.1) is 0 Å². The van der Waals surface area contributed by atoms with Crippen LogP contribution in [0, 0.1) is 0 Å². The minimum atomic E-state index is -0.217. The van der Waals surface area contributed by atoms with E-state index in [1.165, 1.54) is 0 Å². The van der Waals surface area contributed by atoms with E-state index < -0.39 is 0 Å². The molecule has 18 heavy (non-hydrogen) atoms. The highest BCUT2D eigenvalue weighted by Gasteiger charge is 2.07. The van der Waals surface area contributed by atoms with E-state index in [2.05, 4.69) is 15.9 Å². The first-order chi connectivity index (χ1) is 8.75. The number of hydrogen-bond donors (Lipinski definition) is 0. The van der Waals surface area contributed by atoms with Gasteiger partial charge in [0.05, 0.1) is 6.42 Å². The molecule has 2 nitrogen and oxygen atoms in total. The molecule has 2 rings (SSSR count). The van der Waals surface area contributed by atoms with Crippen molar-refractivity contribution in [2.75, 3.05) is 0 Å². The first kappa shape index (κ1) is 12.8. The summed E-state index contributed by atoms with van der Waals surface area (Å²) in [7, 11) is 0. The van der Waals surface area contributed by atoms with E-state index in [4.69, 9.17) is 4.74 Å². The summed E-state index contributed by atoms with van der Waals surface area (Å²) in [6.45, 7) is 0.324. The molecule has 2 aromatic rings. The molecular formula is C15H13BrO2. The lowest BCUT2D eigenvalue weighted by Crippen LogP contribution is -2.08. The van der Waals surface area contributed by atoms with Crippen molar-refractivity contribution in [1.29, 1.82) is 0 Å². The quantitative estimate of drug-likeness (QED) is 0.805. The molecule has 0 aliphatic rings. The summed E-state index contributed by atoms with van der Waals surface area (Å²) in [6, 6.07) is 17.3. The van der Waals surface area contributed by atoms with Crippen LogP contribution >= 0.6 is 15.9 Å². The molecule has 0 saturated carbocycles. The van der Waals surface area contributed by atoms with Gasteiger partial charge in [-0.25, -0.2) is 0 Å². The van der Waals surface area contributed by atoms with Gasteiger partial charge in [0.1, 0.15) is 6.61 Å². The molecule has 0 radical (unpaired) electrons. The Kier molecular flexibility index (Phi) is 4.53. The highest BCUT2D eigenvalue weighted by molar-refractivity contribution is 9.10. The monoisotopic (exact) mass is 304 g/mol. The molecule has 0 saturated heterocycles. The van der Waals surface area contributed by atoms with Crippen molar-refractivity contribution in [3.05, 3.63) is 70.2 Å². The molecule has 0 unspecified atom stereocenters. The number of esters is 1.